The number of hydrogen-bond acceptors (Lipinski definition) is 4. The number of unbranched alkanes of at least 4 members (excludes halogenated alkanes) is 6. The molecule has 0 aliphatic rings. The first-order valence-corrected chi connectivity index (χ1v) is 7.42. The third kappa shape index (κ3) is 8.47. The molecule has 0 aliphatic heterocycles. The zero-order chi connectivity index (χ0) is 14.4. The van der Waals surface area contributed by atoms with Crippen molar-refractivity contribution in [3.8, 4) is 0 Å². The van der Waals surface area contributed by atoms with Gasteiger partial charge in [-0.2, -0.15) is 9.98 Å². The van der Waals surface area contributed by atoms with E-state index in [4.69, 9.17) is 0 Å². The van der Waals surface area contributed by atoms with E-state index in [-0.39, 0.29) is 0 Å². The predicted molar refractivity (Wildman–Crippen MR) is 76.5 cm³/mol. The normalized spacial score (nSPS) is 10.6. The van der Waals surface area contributed by atoms with Crippen LogP contribution in [0.4, 0.5) is 0 Å². The minimum Gasteiger partial charge on any atom is -0.211 e. The Bertz CT molecular complexity index is 284. The van der Waals surface area contributed by atoms with E-state index in [1.807, 2.05) is 0 Å². The Morgan fingerprint density at radius 2 is 1.16 bits per heavy atom. The van der Waals surface area contributed by atoms with Crippen LogP contribution in [0.5, 0.6) is 0 Å². The Kier molecular flexibility index (Phi) is 11.1. The first kappa shape index (κ1) is 17.8. The fraction of sp³-hybridized carbons (Fsp3) is 0.867. The second-order valence-corrected chi connectivity index (χ2v) is 5.01. The van der Waals surface area contributed by atoms with E-state index >= 15 is 0 Å². The lowest BCUT2D eigenvalue weighted by atomic mass is 9.95. The highest BCUT2D eigenvalue weighted by Gasteiger charge is 2.28. The third-order valence-electron chi connectivity index (χ3n) is 3.37. The first-order chi connectivity index (χ1) is 9.24. The lowest BCUT2D eigenvalue weighted by Crippen LogP contribution is -2.23. The minimum atomic E-state index is -0.898. The predicted octanol–water partition coefficient (Wildman–Crippen LogP) is 4.30. The number of hydrogen-bond donors (Lipinski definition) is 0. The number of carbonyl (C=O) groups excluding carboxylic acids is 2. The molecule has 4 nitrogen and oxygen atoms in total. The second-order valence-electron chi connectivity index (χ2n) is 5.01. The fourth-order valence-corrected chi connectivity index (χ4v) is 2.21. The number of aliphatic imine (C=N–C) groups is 2. The molecule has 0 heterocycles. The van der Waals surface area contributed by atoms with Gasteiger partial charge in [0.15, 0.2) is 5.66 Å². The molecule has 0 fully saturated rings. The van der Waals surface area contributed by atoms with Gasteiger partial charge in [0.05, 0.1) is 0 Å². The summed E-state index contributed by atoms with van der Waals surface area (Å²) in [6.07, 6.45) is 13.1. The van der Waals surface area contributed by atoms with Crippen molar-refractivity contribution in [2.75, 3.05) is 0 Å². The molecule has 0 N–H and O–H groups in total. The molecule has 19 heavy (non-hydrogen) atoms. The van der Waals surface area contributed by atoms with Gasteiger partial charge in [-0.25, -0.2) is 9.59 Å². The molecular formula is C15H26N2O2. The van der Waals surface area contributed by atoms with E-state index in [0.29, 0.717) is 12.8 Å². The van der Waals surface area contributed by atoms with E-state index in [1.54, 1.807) is 12.2 Å². The van der Waals surface area contributed by atoms with E-state index in [9.17, 15) is 9.59 Å². The maximum absolute atomic E-state index is 10.6. The van der Waals surface area contributed by atoms with Crippen molar-refractivity contribution in [1.82, 2.24) is 0 Å². The smallest absolute Gasteiger partial charge is 0.211 e. The maximum Gasteiger partial charge on any atom is 0.237 e. The van der Waals surface area contributed by atoms with Crippen LogP contribution in [-0.2, 0) is 9.59 Å². The Balaban J connectivity index is 4.48. The summed E-state index contributed by atoms with van der Waals surface area (Å²) in [5.41, 5.74) is -0.898. The van der Waals surface area contributed by atoms with Crippen LogP contribution in [0.15, 0.2) is 9.98 Å². The molecule has 0 radical (unpaired) electrons. The lowest BCUT2D eigenvalue weighted by molar-refractivity contribution is 0.349. The van der Waals surface area contributed by atoms with Gasteiger partial charge < -0.3 is 0 Å². The van der Waals surface area contributed by atoms with Gasteiger partial charge in [0.2, 0.25) is 12.2 Å². The minimum absolute atomic E-state index is 0.642. The Labute approximate surface area is 116 Å². The topological polar surface area (TPSA) is 58.9 Å². The van der Waals surface area contributed by atoms with Crippen LogP contribution >= 0.6 is 0 Å². The summed E-state index contributed by atoms with van der Waals surface area (Å²) < 4.78 is 0. The van der Waals surface area contributed by atoms with E-state index in [1.165, 1.54) is 0 Å². The summed E-state index contributed by atoms with van der Waals surface area (Å²) in [6, 6.07) is 0. The molecule has 4 heteroatoms. The highest BCUT2D eigenvalue weighted by molar-refractivity contribution is 5.39. The van der Waals surface area contributed by atoms with Crippen molar-refractivity contribution in [3.63, 3.8) is 0 Å². The molecule has 0 saturated heterocycles. The van der Waals surface area contributed by atoms with E-state index < -0.39 is 5.66 Å². The summed E-state index contributed by atoms with van der Waals surface area (Å²) in [6.45, 7) is 4.29. The SMILES string of the molecule is CCCCCCC(CCCCCC)(N=C=O)N=C=O. The molecule has 0 aromatic carbocycles. The molecule has 0 spiro atoms. The Hall–Kier alpha value is -1.24. The lowest BCUT2D eigenvalue weighted by Gasteiger charge is -2.22. The van der Waals surface area contributed by atoms with Crippen LogP contribution in [-0.4, -0.2) is 17.8 Å². The molecule has 0 rings (SSSR count). The fourth-order valence-electron chi connectivity index (χ4n) is 2.21. The van der Waals surface area contributed by atoms with E-state index in [0.717, 1.165) is 51.4 Å². The van der Waals surface area contributed by atoms with Gasteiger partial charge in [-0.15, -0.1) is 0 Å². The first-order valence-electron chi connectivity index (χ1n) is 7.42. The standard InChI is InChI=1S/C15H26N2O2/c1-3-5-7-9-11-15(16-13-18,17-14-19)12-10-8-6-4-2/h3-12H2,1-2H3. The van der Waals surface area contributed by atoms with Gasteiger partial charge in [0.25, 0.3) is 0 Å². The average molecular weight is 266 g/mol. The van der Waals surface area contributed by atoms with E-state index in [2.05, 4.69) is 23.8 Å². The Morgan fingerprint density at radius 3 is 1.47 bits per heavy atom. The van der Waals surface area contributed by atoms with Gasteiger partial charge in [0, 0.05) is 0 Å². The van der Waals surface area contributed by atoms with Crippen LogP contribution in [0.2, 0.25) is 0 Å². The van der Waals surface area contributed by atoms with Gasteiger partial charge in [-0.3, -0.25) is 0 Å². The van der Waals surface area contributed by atoms with Crippen molar-refractivity contribution in [2.24, 2.45) is 9.98 Å². The number of rotatable bonds is 12. The molecule has 0 aromatic rings. The summed E-state index contributed by atoms with van der Waals surface area (Å²) in [5, 5.41) is 0. The maximum atomic E-state index is 10.6. The largest absolute Gasteiger partial charge is 0.237 e. The molecule has 0 aliphatic carbocycles. The van der Waals surface area contributed by atoms with Gasteiger partial charge in [0.1, 0.15) is 0 Å². The van der Waals surface area contributed by atoms with Gasteiger partial charge >= 0.3 is 0 Å². The summed E-state index contributed by atoms with van der Waals surface area (Å²) in [7, 11) is 0. The van der Waals surface area contributed by atoms with Crippen LogP contribution < -0.4 is 0 Å². The molecular weight excluding hydrogens is 240 g/mol. The molecule has 0 aromatic heterocycles. The monoisotopic (exact) mass is 266 g/mol. The molecule has 0 atom stereocenters. The van der Waals surface area contributed by atoms with Crippen molar-refractivity contribution in [2.45, 2.75) is 83.7 Å². The van der Waals surface area contributed by atoms with Crippen molar-refractivity contribution in [1.29, 1.82) is 0 Å². The molecule has 108 valence electrons. The number of nitrogens with zero attached hydrogens (tertiary/aromatic N) is 2. The average Bonchev–Trinajstić information content (AvgIpc) is 2.41. The van der Waals surface area contributed by atoms with Gasteiger partial charge in [-0.1, -0.05) is 52.4 Å². The molecule has 0 bridgehead atoms. The molecule has 0 amide bonds. The Morgan fingerprint density at radius 1 is 0.737 bits per heavy atom. The van der Waals surface area contributed by atoms with Crippen molar-refractivity contribution < 1.29 is 9.59 Å². The quantitative estimate of drug-likeness (QED) is 0.300. The van der Waals surface area contributed by atoms with Gasteiger partial charge in [-0.05, 0) is 25.7 Å². The van der Waals surface area contributed by atoms with Crippen LogP contribution in [0.3, 0.4) is 0 Å². The zero-order valence-corrected chi connectivity index (χ0v) is 12.3. The molecule has 0 saturated carbocycles. The molecule has 0 unspecified atom stereocenters. The van der Waals surface area contributed by atoms with Crippen molar-refractivity contribution >= 4 is 12.2 Å². The summed E-state index contributed by atoms with van der Waals surface area (Å²) >= 11 is 0. The highest BCUT2D eigenvalue weighted by Crippen LogP contribution is 2.28. The highest BCUT2D eigenvalue weighted by atomic mass is 16.1. The van der Waals surface area contributed by atoms with Crippen molar-refractivity contribution in [3.05, 3.63) is 0 Å². The van der Waals surface area contributed by atoms with Crippen LogP contribution in [0, 0.1) is 0 Å². The summed E-state index contributed by atoms with van der Waals surface area (Å²) in [5.74, 6) is 0. The van der Waals surface area contributed by atoms with Crippen LogP contribution in [0.1, 0.15) is 78.1 Å². The third-order valence-corrected chi connectivity index (χ3v) is 3.37. The van der Waals surface area contributed by atoms with Crippen LogP contribution in [0.25, 0.3) is 0 Å². The number of isocyanates is 2. The second kappa shape index (κ2) is 11.8. The summed E-state index contributed by atoms with van der Waals surface area (Å²) in [4.78, 5) is 28.8. The zero-order valence-electron chi connectivity index (χ0n) is 12.3.